The van der Waals surface area contributed by atoms with Gasteiger partial charge in [-0.25, -0.2) is 0 Å². The Labute approximate surface area is 240 Å². The Morgan fingerprint density at radius 2 is 0.412 bits per heavy atom. The third-order valence-electron chi connectivity index (χ3n) is 3.04. The van der Waals surface area contributed by atoms with Crippen molar-refractivity contribution in [3.05, 3.63) is 0 Å². The molecule has 0 amide bonds. The Balaban J connectivity index is -0.0000000607. The van der Waals surface area contributed by atoms with E-state index < -0.39 is 35.8 Å². The fraction of sp³-hybridized carbons (Fsp3) is 0.667. The topological polar surface area (TPSA) is 304 Å². The summed E-state index contributed by atoms with van der Waals surface area (Å²) in [5.41, 5.74) is 0. The van der Waals surface area contributed by atoms with Crippen molar-refractivity contribution in [1.29, 1.82) is 0 Å². The summed E-state index contributed by atoms with van der Waals surface area (Å²) in [6, 6.07) is 0. The smallest absolute Gasteiger partial charge is 0.550 e. The molecule has 0 aliphatic heterocycles. The second-order valence-corrected chi connectivity index (χ2v) is 5.85. The average molecular weight is 514 g/mol. The first-order valence-corrected chi connectivity index (χ1v) is 9.07. The van der Waals surface area contributed by atoms with Gasteiger partial charge in [-0.3, -0.25) is 0 Å². The SMILES string of the molecule is O.O.O=C([O-])CCCCC(=O)[O-].O=C([O-])CCCCC(=O)[O-].O=C([O-])CCCCC(=O)[O-].[Na+].[Na+]. The third-order valence-corrected chi connectivity index (χ3v) is 3.04. The van der Waals surface area contributed by atoms with Crippen LogP contribution in [0.15, 0.2) is 0 Å². The van der Waals surface area contributed by atoms with Crippen molar-refractivity contribution in [1.82, 2.24) is 0 Å². The van der Waals surface area contributed by atoms with Crippen molar-refractivity contribution in [2.24, 2.45) is 0 Å². The van der Waals surface area contributed by atoms with Crippen molar-refractivity contribution >= 4 is 35.8 Å². The van der Waals surface area contributed by atoms with Crippen LogP contribution in [0.3, 0.4) is 0 Å². The monoisotopic (exact) mass is 514 g/mol. The van der Waals surface area contributed by atoms with Gasteiger partial charge in [0.15, 0.2) is 0 Å². The number of carbonyl (C=O) groups is 6. The van der Waals surface area contributed by atoms with Crippen LogP contribution in [0.1, 0.15) is 77.0 Å². The van der Waals surface area contributed by atoms with E-state index in [-0.39, 0.29) is 109 Å². The molecule has 0 aliphatic rings. The van der Waals surface area contributed by atoms with Gasteiger partial charge in [0, 0.05) is 35.8 Å². The molecule has 0 saturated heterocycles. The maximum Gasteiger partial charge on any atom is 1.00 e. The second kappa shape index (κ2) is 36.3. The molecule has 0 aromatic rings. The molecule has 34 heavy (non-hydrogen) atoms. The number of carbonyl (C=O) groups excluding carboxylic acids is 6. The molecule has 0 aromatic heterocycles. The fourth-order valence-corrected chi connectivity index (χ4v) is 1.62. The van der Waals surface area contributed by atoms with Crippen LogP contribution in [-0.4, -0.2) is 46.8 Å². The van der Waals surface area contributed by atoms with E-state index in [1.54, 1.807) is 0 Å². The quantitative estimate of drug-likeness (QED) is 0.145. The van der Waals surface area contributed by atoms with E-state index in [0.29, 0.717) is 38.5 Å². The van der Waals surface area contributed by atoms with Crippen molar-refractivity contribution < 1.29 is 129 Å². The van der Waals surface area contributed by atoms with Crippen LogP contribution in [0.25, 0.3) is 0 Å². The zero-order chi connectivity index (χ0) is 23.9. The summed E-state index contributed by atoms with van der Waals surface area (Å²) in [5.74, 6) is -6.84. The Morgan fingerprint density at radius 3 is 0.471 bits per heavy atom. The van der Waals surface area contributed by atoms with Gasteiger partial charge in [-0.2, -0.15) is 0 Å². The van der Waals surface area contributed by atoms with Crippen LogP contribution in [-0.2, 0) is 28.8 Å². The van der Waals surface area contributed by atoms with Crippen molar-refractivity contribution in [3.8, 4) is 0 Å². The van der Waals surface area contributed by atoms with Crippen molar-refractivity contribution in [3.63, 3.8) is 0 Å². The summed E-state index contributed by atoms with van der Waals surface area (Å²) in [5, 5.41) is 58.6. The minimum absolute atomic E-state index is 0. The molecule has 0 unspecified atom stereocenters. The van der Waals surface area contributed by atoms with E-state index in [1.807, 2.05) is 0 Å². The van der Waals surface area contributed by atoms with Gasteiger partial charge >= 0.3 is 59.1 Å². The Kier molecular flexibility index (Phi) is 53.2. The van der Waals surface area contributed by atoms with Gasteiger partial charge < -0.3 is 70.4 Å². The average Bonchev–Trinajstić information content (AvgIpc) is 2.60. The molecule has 4 N–H and O–H groups in total. The molecule has 16 heteroatoms. The van der Waals surface area contributed by atoms with Gasteiger partial charge in [-0.15, -0.1) is 0 Å². The predicted molar refractivity (Wildman–Crippen MR) is 92.7 cm³/mol. The molecule has 0 rings (SSSR count). The number of carboxylic acid groups (broad SMARTS) is 6. The minimum atomic E-state index is -1.14. The van der Waals surface area contributed by atoms with Crippen LogP contribution in [0.4, 0.5) is 0 Å². The number of hydrogen-bond acceptors (Lipinski definition) is 12. The zero-order valence-corrected chi connectivity index (χ0v) is 23.4. The fourth-order valence-electron chi connectivity index (χ4n) is 1.62. The van der Waals surface area contributed by atoms with Crippen LogP contribution in [0.2, 0.25) is 0 Å². The molecule has 0 aromatic carbocycles. The summed E-state index contributed by atoms with van der Waals surface area (Å²) in [6.45, 7) is 0. The predicted octanol–water partition coefficient (Wildman–Crippen LogP) is -13.5. The molecule has 0 saturated carbocycles. The largest absolute Gasteiger partial charge is 1.00 e. The normalized spacial score (nSPS) is 8.12. The Hall–Kier alpha value is -1.26. The van der Waals surface area contributed by atoms with E-state index in [0.717, 1.165) is 0 Å². The minimum Gasteiger partial charge on any atom is -0.550 e. The molecule has 0 heterocycles. The number of rotatable bonds is 15. The van der Waals surface area contributed by atoms with Gasteiger partial charge in [-0.1, -0.05) is 0 Å². The third kappa shape index (κ3) is 69.8. The van der Waals surface area contributed by atoms with Crippen LogP contribution < -0.4 is 89.8 Å². The summed E-state index contributed by atoms with van der Waals surface area (Å²) in [4.78, 5) is 58.6. The van der Waals surface area contributed by atoms with E-state index in [1.165, 1.54) is 0 Å². The summed E-state index contributed by atoms with van der Waals surface area (Å²) in [7, 11) is 0. The standard InChI is InChI=1S/3C6H10O4.2Na.2H2O/c3*7-5(8)3-1-2-4-6(9)10;;;;/h3*1-4H2,(H,7,8)(H,9,10);;;2*1H2/q;;;2*+1;;/p-6. The number of unbranched alkanes of at least 4 members (excludes halogenated alkanes) is 3. The first-order chi connectivity index (χ1) is 13.9. The summed E-state index contributed by atoms with van der Waals surface area (Å²) >= 11 is 0. The molecule has 0 aliphatic carbocycles. The maximum atomic E-state index is 9.77. The molecule has 0 atom stereocenters. The Bertz CT molecular complexity index is 431. The molecule has 190 valence electrons. The number of carboxylic acids is 6. The van der Waals surface area contributed by atoms with Gasteiger partial charge in [0.05, 0.1) is 0 Å². The maximum absolute atomic E-state index is 9.77. The van der Waals surface area contributed by atoms with Crippen molar-refractivity contribution in [2.45, 2.75) is 77.0 Å². The van der Waals surface area contributed by atoms with E-state index in [2.05, 4.69) is 0 Å². The van der Waals surface area contributed by atoms with Gasteiger partial charge in [0.1, 0.15) is 0 Å². The number of aliphatic carboxylic acids is 6. The van der Waals surface area contributed by atoms with Gasteiger partial charge in [0.2, 0.25) is 0 Å². The first-order valence-electron chi connectivity index (χ1n) is 9.07. The van der Waals surface area contributed by atoms with Gasteiger partial charge in [-0.05, 0) is 77.0 Å². The molecule has 0 fully saturated rings. The molecule has 0 spiro atoms. The molecule has 0 bridgehead atoms. The first kappa shape index (κ1) is 49.8. The molecule has 0 radical (unpaired) electrons. The molecule has 14 nitrogen and oxygen atoms in total. The molecular formula is C18H28Na2O14-4. The van der Waals surface area contributed by atoms with Crippen molar-refractivity contribution in [2.75, 3.05) is 0 Å². The Morgan fingerprint density at radius 1 is 0.324 bits per heavy atom. The van der Waals surface area contributed by atoms with Crippen LogP contribution in [0.5, 0.6) is 0 Å². The second-order valence-electron chi connectivity index (χ2n) is 5.85. The van der Waals surface area contributed by atoms with Gasteiger partial charge in [0.25, 0.3) is 0 Å². The van der Waals surface area contributed by atoms with Crippen LogP contribution in [0, 0.1) is 0 Å². The summed E-state index contributed by atoms with van der Waals surface area (Å²) in [6.07, 6.45) is 1.60. The van der Waals surface area contributed by atoms with E-state index in [9.17, 15) is 59.4 Å². The van der Waals surface area contributed by atoms with Crippen LogP contribution >= 0.6 is 0 Å². The van der Waals surface area contributed by atoms with E-state index >= 15 is 0 Å². The zero-order valence-electron chi connectivity index (χ0n) is 19.4. The molecular weight excluding hydrogens is 486 g/mol. The summed E-state index contributed by atoms with van der Waals surface area (Å²) < 4.78 is 0. The number of hydrogen-bond donors (Lipinski definition) is 0. The van der Waals surface area contributed by atoms with E-state index in [4.69, 9.17) is 0 Å².